The van der Waals surface area contributed by atoms with Crippen LogP contribution < -0.4 is 0 Å². The molecular formula is C12H12ClN3. The standard InChI is InChI=1S/C12H12ClN3/c1-8(6-14)7-16-9(2)11-4-3-10(13)5-12(11)15-16/h3-5,8H,7H2,1-2H3. The molecule has 1 unspecified atom stereocenters. The van der Waals surface area contributed by atoms with Crippen LogP contribution in [0.2, 0.25) is 5.02 Å². The number of aromatic nitrogens is 2. The Balaban J connectivity index is 2.48. The number of benzene rings is 1. The average molecular weight is 234 g/mol. The van der Waals surface area contributed by atoms with E-state index in [9.17, 15) is 0 Å². The first kappa shape index (κ1) is 11.0. The van der Waals surface area contributed by atoms with E-state index in [1.54, 1.807) is 0 Å². The predicted molar refractivity (Wildman–Crippen MR) is 64.3 cm³/mol. The van der Waals surface area contributed by atoms with Crippen molar-refractivity contribution in [1.29, 1.82) is 5.26 Å². The zero-order chi connectivity index (χ0) is 11.7. The zero-order valence-electron chi connectivity index (χ0n) is 9.24. The molecule has 0 aliphatic heterocycles. The van der Waals surface area contributed by atoms with Gasteiger partial charge in [0.05, 0.1) is 24.0 Å². The molecule has 1 atom stereocenters. The normalized spacial score (nSPS) is 12.6. The Morgan fingerprint density at radius 1 is 1.56 bits per heavy atom. The van der Waals surface area contributed by atoms with Gasteiger partial charge in [0.2, 0.25) is 0 Å². The number of nitrogens with zero attached hydrogens (tertiary/aromatic N) is 3. The van der Waals surface area contributed by atoms with Crippen molar-refractivity contribution in [2.45, 2.75) is 20.4 Å². The molecule has 0 saturated heterocycles. The lowest BCUT2D eigenvalue weighted by molar-refractivity contribution is 0.522. The summed E-state index contributed by atoms with van der Waals surface area (Å²) >= 11 is 5.91. The first-order chi connectivity index (χ1) is 7.61. The SMILES string of the molecule is Cc1c2ccc(Cl)cc2nn1CC(C)C#N. The van der Waals surface area contributed by atoms with Gasteiger partial charge in [-0.15, -0.1) is 0 Å². The summed E-state index contributed by atoms with van der Waals surface area (Å²) in [4.78, 5) is 0. The van der Waals surface area contributed by atoms with E-state index in [4.69, 9.17) is 16.9 Å². The van der Waals surface area contributed by atoms with Gasteiger partial charge in [-0.25, -0.2) is 0 Å². The lowest BCUT2D eigenvalue weighted by Crippen LogP contribution is -2.08. The maximum Gasteiger partial charge on any atom is 0.0940 e. The van der Waals surface area contributed by atoms with Crippen LogP contribution in [0.1, 0.15) is 12.6 Å². The fourth-order valence-electron chi connectivity index (χ4n) is 1.72. The third kappa shape index (κ3) is 1.89. The van der Waals surface area contributed by atoms with Crippen molar-refractivity contribution in [2.75, 3.05) is 0 Å². The molecule has 0 fully saturated rings. The van der Waals surface area contributed by atoms with Crippen LogP contribution in [0.4, 0.5) is 0 Å². The molecule has 0 aliphatic rings. The topological polar surface area (TPSA) is 41.6 Å². The molecule has 0 N–H and O–H groups in total. The molecule has 2 aromatic rings. The minimum Gasteiger partial charge on any atom is -0.267 e. The molecule has 1 aromatic carbocycles. The number of halogens is 1. The van der Waals surface area contributed by atoms with Crippen LogP contribution in [0.25, 0.3) is 10.9 Å². The van der Waals surface area contributed by atoms with E-state index < -0.39 is 0 Å². The van der Waals surface area contributed by atoms with Crippen LogP contribution in [0, 0.1) is 24.2 Å². The van der Waals surface area contributed by atoms with Crippen LogP contribution in [-0.2, 0) is 6.54 Å². The van der Waals surface area contributed by atoms with Gasteiger partial charge in [0.15, 0.2) is 0 Å². The second-order valence-electron chi connectivity index (χ2n) is 3.96. The molecule has 3 nitrogen and oxygen atoms in total. The van der Waals surface area contributed by atoms with Gasteiger partial charge < -0.3 is 0 Å². The fraction of sp³-hybridized carbons (Fsp3) is 0.333. The molecule has 16 heavy (non-hydrogen) atoms. The van der Waals surface area contributed by atoms with Crippen molar-refractivity contribution in [3.8, 4) is 6.07 Å². The highest BCUT2D eigenvalue weighted by Gasteiger charge is 2.09. The first-order valence-corrected chi connectivity index (χ1v) is 5.52. The van der Waals surface area contributed by atoms with Crippen LogP contribution in [0.3, 0.4) is 0 Å². The summed E-state index contributed by atoms with van der Waals surface area (Å²) < 4.78 is 1.87. The molecule has 4 heteroatoms. The number of rotatable bonds is 2. The Morgan fingerprint density at radius 2 is 2.31 bits per heavy atom. The van der Waals surface area contributed by atoms with E-state index >= 15 is 0 Å². The number of hydrogen-bond acceptors (Lipinski definition) is 2. The van der Waals surface area contributed by atoms with Crippen molar-refractivity contribution < 1.29 is 0 Å². The Labute approximate surface area is 99.2 Å². The molecule has 1 aromatic heterocycles. The average Bonchev–Trinajstić information content (AvgIpc) is 2.55. The minimum atomic E-state index is -0.0384. The molecule has 0 spiro atoms. The minimum absolute atomic E-state index is 0.0384. The maximum absolute atomic E-state index is 8.79. The highest BCUT2D eigenvalue weighted by atomic mass is 35.5. The lowest BCUT2D eigenvalue weighted by Gasteiger charge is -2.04. The summed E-state index contributed by atoms with van der Waals surface area (Å²) in [6, 6.07) is 7.88. The van der Waals surface area contributed by atoms with Gasteiger partial charge in [-0.2, -0.15) is 10.4 Å². The van der Waals surface area contributed by atoms with Crippen LogP contribution in [0.5, 0.6) is 0 Å². The number of aryl methyl sites for hydroxylation is 1. The van der Waals surface area contributed by atoms with Crippen molar-refractivity contribution in [3.05, 3.63) is 28.9 Å². The summed E-state index contributed by atoms with van der Waals surface area (Å²) in [7, 11) is 0. The van der Waals surface area contributed by atoms with Gasteiger partial charge in [-0.05, 0) is 32.0 Å². The van der Waals surface area contributed by atoms with Crippen LogP contribution in [-0.4, -0.2) is 9.78 Å². The van der Waals surface area contributed by atoms with E-state index in [1.807, 2.05) is 36.7 Å². The van der Waals surface area contributed by atoms with Gasteiger partial charge in [0, 0.05) is 16.1 Å². The smallest absolute Gasteiger partial charge is 0.0940 e. The van der Waals surface area contributed by atoms with E-state index in [1.165, 1.54) is 0 Å². The van der Waals surface area contributed by atoms with Gasteiger partial charge in [-0.3, -0.25) is 4.68 Å². The zero-order valence-corrected chi connectivity index (χ0v) is 9.99. The molecule has 0 aliphatic carbocycles. The number of hydrogen-bond donors (Lipinski definition) is 0. The van der Waals surface area contributed by atoms with E-state index in [-0.39, 0.29) is 5.92 Å². The summed E-state index contributed by atoms with van der Waals surface area (Å²) in [6.45, 7) is 4.51. The Kier molecular flexibility index (Phi) is 2.84. The first-order valence-electron chi connectivity index (χ1n) is 5.14. The summed E-state index contributed by atoms with van der Waals surface area (Å²) in [5, 5.41) is 15.0. The van der Waals surface area contributed by atoms with E-state index in [0.717, 1.165) is 16.6 Å². The Bertz CT molecular complexity index is 565. The third-order valence-corrected chi connectivity index (χ3v) is 2.87. The molecule has 0 radical (unpaired) electrons. The van der Waals surface area contributed by atoms with Crippen molar-refractivity contribution in [3.63, 3.8) is 0 Å². The lowest BCUT2D eigenvalue weighted by atomic mass is 10.2. The highest BCUT2D eigenvalue weighted by molar-refractivity contribution is 6.31. The van der Waals surface area contributed by atoms with Crippen LogP contribution in [0.15, 0.2) is 18.2 Å². The molecule has 0 saturated carbocycles. The van der Waals surface area contributed by atoms with Crippen molar-refractivity contribution in [1.82, 2.24) is 9.78 Å². The highest BCUT2D eigenvalue weighted by Crippen LogP contribution is 2.22. The Hall–Kier alpha value is -1.53. The predicted octanol–water partition coefficient (Wildman–Crippen LogP) is 3.16. The number of nitriles is 1. The second-order valence-corrected chi connectivity index (χ2v) is 4.40. The fourth-order valence-corrected chi connectivity index (χ4v) is 1.88. The van der Waals surface area contributed by atoms with Gasteiger partial charge in [0.25, 0.3) is 0 Å². The molecule has 1 heterocycles. The molecule has 2 rings (SSSR count). The largest absolute Gasteiger partial charge is 0.267 e. The van der Waals surface area contributed by atoms with Crippen molar-refractivity contribution >= 4 is 22.5 Å². The van der Waals surface area contributed by atoms with Gasteiger partial charge in [0.1, 0.15) is 0 Å². The summed E-state index contributed by atoms with van der Waals surface area (Å²) in [5.41, 5.74) is 1.96. The summed E-state index contributed by atoms with van der Waals surface area (Å²) in [6.07, 6.45) is 0. The maximum atomic E-state index is 8.79. The van der Waals surface area contributed by atoms with Gasteiger partial charge >= 0.3 is 0 Å². The van der Waals surface area contributed by atoms with Gasteiger partial charge in [-0.1, -0.05) is 11.6 Å². The quantitative estimate of drug-likeness (QED) is 0.800. The van der Waals surface area contributed by atoms with E-state index in [2.05, 4.69) is 11.2 Å². The monoisotopic (exact) mass is 233 g/mol. The molecule has 0 bridgehead atoms. The molecule has 82 valence electrons. The number of fused-ring (bicyclic) bond motifs is 1. The molecule has 0 amide bonds. The van der Waals surface area contributed by atoms with Crippen LogP contribution >= 0.6 is 11.6 Å². The molecular weight excluding hydrogens is 222 g/mol. The third-order valence-electron chi connectivity index (χ3n) is 2.63. The summed E-state index contributed by atoms with van der Waals surface area (Å²) in [5.74, 6) is -0.0384. The second kappa shape index (κ2) is 4.15. The van der Waals surface area contributed by atoms with E-state index in [0.29, 0.717) is 11.6 Å². The van der Waals surface area contributed by atoms with Crippen molar-refractivity contribution in [2.24, 2.45) is 5.92 Å². The Morgan fingerprint density at radius 3 is 3.00 bits per heavy atom.